The lowest BCUT2D eigenvalue weighted by atomic mass is 10.0. The topological polar surface area (TPSA) is 58.4 Å². The summed E-state index contributed by atoms with van der Waals surface area (Å²) >= 11 is 6.15. The first kappa shape index (κ1) is 12.4. The quantitative estimate of drug-likeness (QED) is 0.895. The Morgan fingerprint density at radius 1 is 1.65 bits per heavy atom. The molecule has 0 aliphatic carbocycles. The molecule has 6 heteroatoms. The molecule has 94 valence electrons. The van der Waals surface area contributed by atoms with Crippen molar-refractivity contribution in [2.45, 2.75) is 25.8 Å². The van der Waals surface area contributed by atoms with Crippen LogP contribution in [0, 0.1) is 0 Å². The fourth-order valence-electron chi connectivity index (χ4n) is 2.38. The summed E-state index contributed by atoms with van der Waals surface area (Å²) in [7, 11) is 2.05. The molecule has 0 radical (unpaired) electrons. The molecule has 1 aliphatic heterocycles. The number of carbonyl (C=O) groups is 1. The van der Waals surface area contributed by atoms with E-state index in [2.05, 4.69) is 17.0 Å². The molecular weight excluding hydrogens is 242 g/mol. The SMILES string of the molecule is CCn1nc(C(=O)O)c(Cl)c1C1CCN(C)C1. The van der Waals surface area contributed by atoms with E-state index in [1.807, 2.05) is 6.92 Å². The van der Waals surface area contributed by atoms with E-state index in [9.17, 15) is 4.79 Å². The summed E-state index contributed by atoms with van der Waals surface area (Å²) in [4.78, 5) is 13.2. The van der Waals surface area contributed by atoms with Crippen LogP contribution in [0.4, 0.5) is 0 Å². The molecule has 0 bridgehead atoms. The third-order valence-electron chi connectivity index (χ3n) is 3.21. The number of rotatable bonds is 3. The van der Waals surface area contributed by atoms with Crippen LogP contribution in [0.2, 0.25) is 5.02 Å². The molecule has 1 aromatic heterocycles. The minimum atomic E-state index is -1.06. The Hall–Kier alpha value is -1.07. The van der Waals surface area contributed by atoms with Crippen LogP contribution >= 0.6 is 11.6 Å². The van der Waals surface area contributed by atoms with Crippen LogP contribution in [0.15, 0.2) is 0 Å². The number of carboxylic acids is 1. The van der Waals surface area contributed by atoms with Crippen molar-refractivity contribution in [3.63, 3.8) is 0 Å². The molecule has 2 heterocycles. The maximum absolute atomic E-state index is 11.0. The largest absolute Gasteiger partial charge is 0.476 e. The van der Waals surface area contributed by atoms with Gasteiger partial charge in [0.1, 0.15) is 0 Å². The van der Waals surface area contributed by atoms with Crippen molar-refractivity contribution in [1.82, 2.24) is 14.7 Å². The van der Waals surface area contributed by atoms with Gasteiger partial charge in [0, 0.05) is 19.0 Å². The van der Waals surface area contributed by atoms with E-state index in [0.29, 0.717) is 11.6 Å². The highest BCUT2D eigenvalue weighted by atomic mass is 35.5. The zero-order valence-electron chi connectivity index (χ0n) is 9.98. The average molecular weight is 258 g/mol. The lowest BCUT2D eigenvalue weighted by molar-refractivity contribution is 0.0689. The van der Waals surface area contributed by atoms with Gasteiger partial charge in [0.2, 0.25) is 0 Å². The minimum absolute atomic E-state index is 0.0296. The van der Waals surface area contributed by atoms with Gasteiger partial charge in [-0.3, -0.25) is 4.68 Å². The second kappa shape index (κ2) is 4.66. The van der Waals surface area contributed by atoms with Crippen molar-refractivity contribution in [3.8, 4) is 0 Å². The van der Waals surface area contributed by atoms with E-state index in [1.54, 1.807) is 4.68 Å². The van der Waals surface area contributed by atoms with Gasteiger partial charge in [0.25, 0.3) is 0 Å². The molecule has 0 amide bonds. The number of halogens is 1. The van der Waals surface area contributed by atoms with Gasteiger partial charge in [-0.25, -0.2) is 4.79 Å². The Morgan fingerprint density at radius 2 is 2.35 bits per heavy atom. The number of likely N-dealkylation sites (tertiary alicyclic amines) is 1. The number of nitrogens with zero attached hydrogens (tertiary/aromatic N) is 3. The molecule has 1 saturated heterocycles. The predicted molar refractivity (Wildman–Crippen MR) is 64.7 cm³/mol. The minimum Gasteiger partial charge on any atom is -0.476 e. The zero-order chi connectivity index (χ0) is 12.6. The van der Waals surface area contributed by atoms with E-state index >= 15 is 0 Å². The van der Waals surface area contributed by atoms with Gasteiger partial charge in [-0.05, 0) is 26.9 Å². The maximum atomic E-state index is 11.0. The second-order valence-corrected chi connectivity index (χ2v) is 4.79. The van der Waals surface area contributed by atoms with Crippen molar-refractivity contribution in [1.29, 1.82) is 0 Å². The lowest BCUT2D eigenvalue weighted by Gasteiger charge is -2.12. The van der Waals surface area contributed by atoms with Crippen molar-refractivity contribution in [2.24, 2.45) is 0 Å². The highest BCUT2D eigenvalue weighted by Gasteiger charge is 2.30. The molecule has 0 saturated carbocycles. The number of hydrogen-bond acceptors (Lipinski definition) is 3. The average Bonchev–Trinajstić information content (AvgIpc) is 2.81. The first-order chi connectivity index (χ1) is 8.04. The van der Waals surface area contributed by atoms with Crippen LogP contribution in [-0.4, -0.2) is 45.9 Å². The number of hydrogen-bond donors (Lipinski definition) is 1. The van der Waals surface area contributed by atoms with Crippen LogP contribution in [0.5, 0.6) is 0 Å². The first-order valence-corrected chi connectivity index (χ1v) is 6.10. The molecule has 1 aliphatic rings. The van der Waals surface area contributed by atoms with Crippen LogP contribution < -0.4 is 0 Å². The lowest BCUT2D eigenvalue weighted by Crippen LogP contribution is -2.15. The second-order valence-electron chi connectivity index (χ2n) is 4.42. The Balaban J connectivity index is 2.41. The van der Waals surface area contributed by atoms with E-state index < -0.39 is 5.97 Å². The van der Waals surface area contributed by atoms with Crippen molar-refractivity contribution in [3.05, 3.63) is 16.4 Å². The Bertz CT molecular complexity index is 444. The zero-order valence-corrected chi connectivity index (χ0v) is 10.7. The smallest absolute Gasteiger partial charge is 0.357 e. The summed E-state index contributed by atoms with van der Waals surface area (Å²) in [5.74, 6) is -0.775. The van der Waals surface area contributed by atoms with Gasteiger partial charge in [0.05, 0.1) is 10.7 Å². The number of aryl methyl sites for hydroxylation is 1. The van der Waals surface area contributed by atoms with Crippen LogP contribution in [0.1, 0.15) is 35.4 Å². The highest BCUT2D eigenvalue weighted by molar-refractivity contribution is 6.34. The van der Waals surface area contributed by atoms with Crippen molar-refractivity contribution in [2.75, 3.05) is 20.1 Å². The summed E-state index contributed by atoms with van der Waals surface area (Å²) in [5.41, 5.74) is 0.842. The standard InChI is InChI=1S/C11H16ClN3O2/c1-3-15-10(7-4-5-14(2)6-7)8(12)9(13-15)11(16)17/h7H,3-6H2,1-2H3,(H,16,17). The fraction of sp³-hybridized carbons (Fsp3) is 0.636. The van der Waals surface area contributed by atoms with Gasteiger partial charge < -0.3 is 10.0 Å². The van der Waals surface area contributed by atoms with Gasteiger partial charge in [0.15, 0.2) is 5.69 Å². The molecule has 17 heavy (non-hydrogen) atoms. The Kier molecular flexibility index (Phi) is 3.40. The summed E-state index contributed by atoms with van der Waals surface area (Å²) in [6.45, 7) is 4.50. The molecule has 1 atom stereocenters. The molecule has 1 aromatic rings. The highest BCUT2D eigenvalue weighted by Crippen LogP contribution is 2.33. The number of carboxylic acid groups (broad SMARTS) is 1. The molecule has 2 rings (SSSR count). The van der Waals surface area contributed by atoms with E-state index in [-0.39, 0.29) is 11.6 Å². The molecule has 1 N–H and O–H groups in total. The number of aromatic carboxylic acids is 1. The van der Waals surface area contributed by atoms with Crippen LogP contribution in [0.25, 0.3) is 0 Å². The Morgan fingerprint density at radius 3 is 2.82 bits per heavy atom. The normalized spacial score (nSPS) is 21.0. The summed E-state index contributed by atoms with van der Waals surface area (Å²) in [6, 6.07) is 0. The summed E-state index contributed by atoms with van der Waals surface area (Å²) < 4.78 is 1.72. The molecule has 1 fully saturated rings. The van der Waals surface area contributed by atoms with E-state index in [0.717, 1.165) is 25.2 Å². The molecular formula is C11H16ClN3O2. The van der Waals surface area contributed by atoms with Gasteiger partial charge in [-0.2, -0.15) is 5.10 Å². The predicted octanol–water partition coefficient (Wildman–Crippen LogP) is 1.67. The van der Waals surface area contributed by atoms with E-state index in [4.69, 9.17) is 16.7 Å². The van der Waals surface area contributed by atoms with E-state index in [1.165, 1.54) is 0 Å². The maximum Gasteiger partial charge on any atom is 0.357 e. The Labute approximate surface area is 105 Å². The van der Waals surface area contributed by atoms with Gasteiger partial charge in [-0.15, -0.1) is 0 Å². The van der Waals surface area contributed by atoms with Gasteiger partial charge >= 0.3 is 5.97 Å². The number of aromatic nitrogens is 2. The summed E-state index contributed by atoms with van der Waals surface area (Å²) in [6.07, 6.45) is 1.00. The monoisotopic (exact) mass is 257 g/mol. The molecule has 0 spiro atoms. The summed E-state index contributed by atoms with van der Waals surface area (Å²) in [5, 5.41) is 13.4. The molecule has 5 nitrogen and oxygen atoms in total. The fourth-order valence-corrected chi connectivity index (χ4v) is 2.75. The third-order valence-corrected chi connectivity index (χ3v) is 3.58. The molecule has 1 unspecified atom stereocenters. The van der Waals surface area contributed by atoms with Crippen molar-refractivity contribution >= 4 is 17.6 Å². The van der Waals surface area contributed by atoms with Crippen LogP contribution in [0.3, 0.4) is 0 Å². The molecule has 0 aromatic carbocycles. The van der Waals surface area contributed by atoms with Crippen LogP contribution in [-0.2, 0) is 6.54 Å². The third kappa shape index (κ3) is 2.17. The first-order valence-electron chi connectivity index (χ1n) is 5.72. The number of likely N-dealkylation sites (N-methyl/N-ethyl adjacent to an activating group) is 1. The van der Waals surface area contributed by atoms with Crippen molar-refractivity contribution < 1.29 is 9.90 Å². The van der Waals surface area contributed by atoms with Gasteiger partial charge in [-0.1, -0.05) is 11.6 Å².